The van der Waals surface area contributed by atoms with E-state index in [0.29, 0.717) is 10.1 Å². The summed E-state index contributed by atoms with van der Waals surface area (Å²) in [5.74, 6) is -0.144. The van der Waals surface area contributed by atoms with Crippen LogP contribution in [0.5, 0.6) is 5.75 Å². The zero-order valence-electron chi connectivity index (χ0n) is 14.5. The molecule has 0 spiro atoms. The van der Waals surface area contributed by atoms with Crippen molar-refractivity contribution in [2.45, 2.75) is 19.7 Å². The largest absolute Gasteiger partial charge is 0.435 e. The van der Waals surface area contributed by atoms with E-state index in [1.807, 2.05) is 0 Å². The molecule has 3 aromatic heterocycles. The van der Waals surface area contributed by atoms with Crippen LogP contribution in [0.4, 0.5) is 22.0 Å². The highest BCUT2D eigenvalue weighted by Gasteiger charge is 2.35. The van der Waals surface area contributed by atoms with Crippen molar-refractivity contribution in [1.29, 1.82) is 0 Å². The minimum absolute atomic E-state index is 0.00463. The van der Waals surface area contributed by atoms with Gasteiger partial charge in [-0.25, -0.2) is 9.50 Å². The lowest BCUT2D eigenvalue weighted by Gasteiger charge is -2.08. The van der Waals surface area contributed by atoms with Crippen LogP contribution >= 0.6 is 0 Å². The van der Waals surface area contributed by atoms with Crippen LogP contribution in [0, 0.1) is 6.92 Å². The standard InChI is InChI=1S/C17H10F5N5O2/c1-8-6-12(17(20,21)22)27-13(23-8)7-11(26-27)15-25-24-14(29-15)9-2-4-10(5-3-9)28-16(18)19/h2-7,16H,1H3. The lowest BCUT2D eigenvalue weighted by atomic mass is 10.2. The minimum atomic E-state index is -4.63. The first kappa shape index (κ1) is 18.8. The third kappa shape index (κ3) is 3.73. The van der Waals surface area contributed by atoms with Gasteiger partial charge in [0.05, 0.1) is 0 Å². The van der Waals surface area contributed by atoms with Crippen molar-refractivity contribution in [2.75, 3.05) is 0 Å². The highest BCUT2D eigenvalue weighted by atomic mass is 19.4. The van der Waals surface area contributed by atoms with E-state index in [-0.39, 0.29) is 34.6 Å². The lowest BCUT2D eigenvalue weighted by Crippen LogP contribution is -2.13. The van der Waals surface area contributed by atoms with Crippen LogP contribution in [0.15, 0.2) is 40.8 Å². The normalized spacial score (nSPS) is 12.1. The summed E-state index contributed by atoms with van der Waals surface area (Å²) in [6.45, 7) is -1.52. The highest BCUT2D eigenvalue weighted by Crippen LogP contribution is 2.31. The van der Waals surface area contributed by atoms with Gasteiger partial charge in [0, 0.05) is 17.3 Å². The Balaban J connectivity index is 1.68. The van der Waals surface area contributed by atoms with Crippen molar-refractivity contribution in [3.05, 3.63) is 47.8 Å². The first-order valence-electron chi connectivity index (χ1n) is 8.04. The van der Waals surface area contributed by atoms with E-state index in [9.17, 15) is 22.0 Å². The highest BCUT2D eigenvalue weighted by molar-refractivity contribution is 5.60. The fourth-order valence-corrected chi connectivity index (χ4v) is 2.63. The zero-order chi connectivity index (χ0) is 20.8. The molecule has 1 aromatic carbocycles. The van der Waals surface area contributed by atoms with Crippen LogP contribution < -0.4 is 4.74 Å². The fourth-order valence-electron chi connectivity index (χ4n) is 2.63. The quantitative estimate of drug-likeness (QED) is 0.464. The Morgan fingerprint density at radius 3 is 2.38 bits per heavy atom. The molecule has 29 heavy (non-hydrogen) atoms. The van der Waals surface area contributed by atoms with Gasteiger partial charge in [0.2, 0.25) is 5.89 Å². The number of aryl methyl sites for hydroxylation is 1. The van der Waals surface area contributed by atoms with Crippen LogP contribution in [0.2, 0.25) is 0 Å². The molecule has 4 rings (SSSR count). The molecule has 0 unspecified atom stereocenters. The fraction of sp³-hybridized carbons (Fsp3) is 0.176. The van der Waals surface area contributed by atoms with E-state index in [0.717, 1.165) is 6.07 Å². The first-order valence-corrected chi connectivity index (χ1v) is 8.04. The molecule has 0 atom stereocenters. The van der Waals surface area contributed by atoms with Gasteiger partial charge in [-0.05, 0) is 37.3 Å². The Hall–Kier alpha value is -3.57. The van der Waals surface area contributed by atoms with Gasteiger partial charge >= 0.3 is 12.8 Å². The van der Waals surface area contributed by atoms with Gasteiger partial charge in [-0.15, -0.1) is 10.2 Å². The molecule has 0 amide bonds. The molecule has 4 aromatic rings. The molecule has 7 nitrogen and oxygen atoms in total. The number of benzene rings is 1. The third-order valence-electron chi connectivity index (χ3n) is 3.82. The van der Waals surface area contributed by atoms with E-state index < -0.39 is 18.5 Å². The van der Waals surface area contributed by atoms with E-state index in [4.69, 9.17) is 4.42 Å². The zero-order valence-corrected chi connectivity index (χ0v) is 14.5. The van der Waals surface area contributed by atoms with Gasteiger partial charge in [0.25, 0.3) is 5.89 Å². The Morgan fingerprint density at radius 2 is 1.72 bits per heavy atom. The van der Waals surface area contributed by atoms with Crippen LogP contribution in [-0.2, 0) is 6.18 Å². The summed E-state index contributed by atoms with van der Waals surface area (Å²) in [4.78, 5) is 4.03. The Labute approximate surface area is 158 Å². The van der Waals surface area contributed by atoms with Crippen LogP contribution in [0.1, 0.15) is 11.4 Å². The summed E-state index contributed by atoms with van der Waals surface area (Å²) in [5.41, 5.74) is -0.432. The second kappa shape index (κ2) is 6.79. The summed E-state index contributed by atoms with van der Waals surface area (Å²) in [6.07, 6.45) is -4.63. The minimum Gasteiger partial charge on any atom is -0.435 e. The van der Waals surface area contributed by atoms with Gasteiger partial charge in [0.15, 0.2) is 11.3 Å². The van der Waals surface area contributed by atoms with Crippen LogP contribution in [0.25, 0.3) is 28.7 Å². The average molecular weight is 411 g/mol. The SMILES string of the molecule is Cc1cc(C(F)(F)F)n2nc(-c3nnc(-c4ccc(OC(F)F)cc4)o3)cc2n1. The number of halogens is 5. The predicted octanol–water partition coefficient (Wildman–Crippen LogP) is 4.37. The maximum Gasteiger partial charge on any atom is 0.433 e. The van der Waals surface area contributed by atoms with Crippen LogP contribution in [-0.4, -0.2) is 31.4 Å². The molecule has 0 aliphatic carbocycles. The number of rotatable bonds is 4. The summed E-state index contributed by atoms with van der Waals surface area (Å²) in [7, 11) is 0. The number of hydrogen-bond donors (Lipinski definition) is 0. The molecule has 12 heteroatoms. The number of alkyl halides is 5. The number of nitrogens with zero attached hydrogens (tertiary/aromatic N) is 5. The second-order valence-electron chi connectivity index (χ2n) is 5.90. The van der Waals surface area contributed by atoms with Crippen molar-refractivity contribution in [3.63, 3.8) is 0 Å². The molecular weight excluding hydrogens is 401 g/mol. The van der Waals surface area contributed by atoms with Crippen molar-refractivity contribution in [3.8, 4) is 28.8 Å². The average Bonchev–Trinajstić information content (AvgIpc) is 3.27. The van der Waals surface area contributed by atoms with Gasteiger partial charge in [0.1, 0.15) is 11.4 Å². The van der Waals surface area contributed by atoms with Crippen LogP contribution in [0.3, 0.4) is 0 Å². The second-order valence-corrected chi connectivity index (χ2v) is 5.90. The summed E-state index contributed by atoms with van der Waals surface area (Å²) < 4.78 is 74.5. The maximum absolute atomic E-state index is 13.2. The number of aromatic nitrogens is 5. The molecule has 0 radical (unpaired) electrons. The summed E-state index contributed by atoms with van der Waals surface area (Å²) in [6, 6.07) is 7.60. The summed E-state index contributed by atoms with van der Waals surface area (Å²) >= 11 is 0. The van der Waals surface area contributed by atoms with E-state index in [2.05, 4.69) is 25.0 Å². The molecule has 0 aliphatic rings. The molecule has 0 saturated heterocycles. The molecule has 0 N–H and O–H groups in total. The predicted molar refractivity (Wildman–Crippen MR) is 88.1 cm³/mol. The van der Waals surface area contributed by atoms with E-state index >= 15 is 0 Å². The van der Waals surface area contributed by atoms with Crippen molar-refractivity contribution in [1.82, 2.24) is 24.8 Å². The van der Waals surface area contributed by atoms with Gasteiger partial charge in [-0.2, -0.15) is 27.1 Å². The van der Waals surface area contributed by atoms with E-state index in [1.54, 1.807) is 0 Å². The van der Waals surface area contributed by atoms with Gasteiger partial charge in [-0.1, -0.05) is 0 Å². The molecule has 3 heterocycles. The smallest absolute Gasteiger partial charge is 0.433 e. The molecule has 0 bridgehead atoms. The van der Waals surface area contributed by atoms with Gasteiger partial charge in [-0.3, -0.25) is 0 Å². The molecular formula is C17H10F5N5O2. The molecule has 0 aliphatic heterocycles. The molecule has 0 saturated carbocycles. The number of hydrogen-bond acceptors (Lipinski definition) is 6. The van der Waals surface area contributed by atoms with Crippen molar-refractivity contribution >= 4 is 5.65 Å². The maximum atomic E-state index is 13.2. The van der Waals surface area contributed by atoms with Crippen molar-refractivity contribution in [2.24, 2.45) is 0 Å². The number of ether oxygens (including phenoxy) is 1. The lowest BCUT2D eigenvalue weighted by molar-refractivity contribution is -0.142. The Bertz CT molecular complexity index is 1170. The molecule has 0 fully saturated rings. The summed E-state index contributed by atoms with van der Waals surface area (Å²) in [5, 5.41) is 11.5. The number of fused-ring (bicyclic) bond motifs is 1. The van der Waals surface area contributed by atoms with Crippen molar-refractivity contribution < 1.29 is 31.1 Å². The Morgan fingerprint density at radius 1 is 1.03 bits per heavy atom. The monoisotopic (exact) mass is 411 g/mol. The Kier molecular flexibility index (Phi) is 4.40. The van der Waals surface area contributed by atoms with Gasteiger partial charge < -0.3 is 9.15 Å². The van der Waals surface area contributed by atoms with E-state index in [1.165, 1.54) is 37.3 Å². The topological polar surface area (TPSA) is 78.3 Å². The first-order chi connectivity index (χ1) is 13.7. The third-order valence-corrected chi connectivity index (χ3v) is 3.82. The molecule has 150 valence electrons.